The van der Waals surface area contributed by atoms with E-state index in [9.17, 15) is 18.4 Å². The molecule has 1 fully saturated rings. The van der Waals surface area contributed by atoms with Gasteiger partial charge in [-0.15, -0.1) is 0 Å². The van der Waals surface area contributed by atoms with Crippen LogP contribution in [0.4, 0.5) is 19.3 Å². The fourth-order valence-corrected chi connectivity index (χ4v) is 7.60. The summed E-state index contributed by atoms with van der Waals surface area (Å²) in [5, 5.41) is 9.87. The summed E-state index contributed by atoms with van der Waals surface area (Å²) in [6, 6.07) is 19.0. The second-order valence-electron chi connectivity index (χ2n) is 14.5. The normalized spacial score (nSPS) is 17.9. The van der Waals surface area contributed by atoms with E-state index in [1.807, 2.05) is 48.7 Å². The molecule has 0 aliphatic carbocycles. The molecule has 282 valence electrons. The third-order valence-electron chi connectivity index (χ3n) is 10.6. The number of amides is 2. The number of benzene rings is 3. The van der Waals surface area contributed by atoms with E-state index in [0.29, 0.717) is 43.0 Å². The van der Waals surface area contributed by atoms with E-state index < -0.39 is 11.6 Å². The number of rotatable bonds is 18. The number of hydrogen-bond acceptors (Lipinski definition) is 7. The fraction of sp³-hybridized carbons (Fsp3) is 0.429. The summed E-state index contributed by atoms with van der Waals surface area (Å²) in [4.78, 5) is 31.1. The van der Waals surface area contributed by atoms with Crippen LogP contribution in [0.15, 0.2) is 84.6 Å². The Kier molecular flexibility index (Phi) is 13.4. The number of aryl methyl sites for hydroxylation is 1. The van der Waals surface area contributed by atoms with Gasteiger partial charge < -0.3 is 27.4 Å². The van der Waals surface area contributed by atoms with Gasteiger partial charge in [-0.1, -0.05) is 36.4 Å². The van der Waals surface area contributed by atoms with Crippen LogP contribution in [-0.2, 0) is 13.0 Å². The molecule has 0 saturated carbocycles. The average molecular weight is 726 g/mol. The molecule has 0 spiro atoms. The third kappa shape index (κ3) is 10.4. The van der Waals surface area contributed by atoms with Gasteiger partial charge in [0.05, 0.1) is 5.69 Å². The molecule has 2 unspecified atom stereocenters. The molecule has 3 heterocycles. The van der Waals surface area contributed by atoms with Gasteiger partial charge in [0.2, 0.25) is 0 Å². The lowest BCUT2D eigenvalue weighted by molar-refractivity contribution is 0.0899. The van der Waals surface area contributed by atoms with Gasteiger partial charge in [-0.3, -0.25) is 14.6 Å². The maximum atomic E-state index is 13.9. The Morgan fingerprint density at radius 1 is 0.868 bits per heavy atom. The van der Waals surface area contributed by atoms with E-state index in [1.54, 1.807) is 4.90 Å². The van der Waals surface area contributed by atoms with Crippen molar-refractivity contribution in [1.29, 1.82) is 0 Å². The number of carbonyl (C=O) groups is 2. The van der Waals surface area contributed by atoms with Crippen LogP contribution in [0.25, 0.3) is 5.70 Å². The molecule has 53 heavy (non-hydrogen) atoms. The van der Waals surface area contributed by atoms with Crippen molar-refractivity contribution in [2.75, 3.05) is 44.2 Å². The zero-order valence-corrected chi connectivity index (χ0v) is 30.5. The highest BCUT2D eigenvalue weighted by atomic mass is 19.1. The minimum Gasteiger partial charge on any atom is -0.361 e. The van der Waals surface area contributed by atoms with Crippen LogP contribution < -0.4 is 32.3 Å². The quantitative estimate of drug-likeness (QED) is 0.101. The summed E-state index contributed by atoms with van der Waals surface area (Å²) in [5.74, 6) is -0.823. The second kappa shape index (κ2) is 18.6. The Hall–Kier alpha value is -4.42. The van der Waals surface area contributed by atoms with Gasteiger partial charge in [0.25, 0.3) is 0 Å². The first-order chi connectivity index (χ1) is 25.8. The lowest BCUT2D eigenvalue weighted by Gasteiger charge is -2.29. The average Bonchev–Trinajstić information content (AvgIpc) is 3.58. The molecule has 0 radical (unpaired) electrons. The highest BCUT2D eigenvalue weighted by molar-refractivity contribution is 5.98. The van der Waals surface area contributed by atoms with Crippen molar-refractivity contribution in [2.24, 2.45) is 23.3 Å². The number of hydrogen-bond donors (Lipinski definition) is 5. The smallest absolute Gasteiger partial charge is 0.327 e. The number of anilines is 1. The van der Waals surface area contributed by atoms with Gasteiger partial charge in [-0.2, -0.15) is 0 Å². The van der Waals surface area contributed by atoms with Crippen molar-refractivity contribution >= 4 is 23.2 Å². The number of urea groups is 1. The molecule has 11 heteroatoms. The van der Waals surface area contributed by atoms with E-state index in [4.69, 9.17) is 11.5 Å². The number of Topliss-reactive ketones (excluding diaryl/α,β-unsaturated/α-hetero) is 1. The van der Waals surface area contributed by atoms with E-state index in [0.717, 1.165) is 105 Å². The summed E-state index contributed by atoms with van der Waals surface area (Å²) in [7, 11) is 0. The summed E-state index contributed by atoms with van der Waals surface area (Å²) >= 11 is 0. The van der Waals surface area contributed by atoms with E-state index >= 15 is 0 Å². The molecule has 6 rings (SSSR count). The number of halogens is 2. The zero-order chi connectivity index (χ0) is 37.2. The van der Waals surface area contributed by atoms with Crippen LogP contribution in [0, 0.1) is 23.5 Å². The Bertz CT molecular complexity index is 1730. The number of carbonyl (C=O) groups excluding carboxylic acids is 2. The summed E-state index contributed by atoms with van der Waals surface area (Å²) in [6.07, 6.45) is 10.2. The van der Waals surface area contributed by atoms with Gasteiger partial charge in [0.1, 0.15) is 17.8 Å². The summed E-state index contributed by atoms with van der Waals surface area (Å²) in [5.41, 5.74) is 17.3. The Labute approximate surface area is 311 Å². The standard InChI is InChI=1S/C42H53F2N7O2/c43-36-23-31(24-37(44)26-36)4-8-33(7-3-29-15-19-47-20-16-29)40(52)34-11-9-32(10-12-34)39-25-35-28-51(42(53)49-41(35)48-39)38-13-5-30(6-14-38)27-50(21-1-17-45)22-2-18-46/h5-6,9-14,23-26,28-29,33,41,47-48H,1-4,7-8,15-22,27,45-46H2,(H,49,53). The van der Waals surface area contributed by atoms with Crippen molar-refractivity contribution in [3.05, 3.63) is 118 Å². The predicted molar refractivity (Wildman–Crippen MR) is 207 cm³/mol. The van der Waals surface area contributed by atoms with E-state index in [2.05, 4.69) is 33.0 Å². The first-order valence-electron chi connectivity index (χ1n) is 19.1. The van der Waals surface area contributed by atoms with Gasteiger partial charge in [0.15, 0.2) is 5.78 Å². The van der Waals surface area contributed by atoms with E-state index in [1.165, 1.54) is 12.1 Å². The third-order valence-corrected chi connectivity index (χ3v) is 10.6. The molecular formula is C42H53F2N7O2. The van der Waals surface area contributed by atoms with Crippen molar-refractivity contribution in [3.63, 3.8) is 0 Å². The molecule has 0 bridgehead atoms. The van der Waals surface area contributed by atoms with Crippen LogP contribution in [0.3, 0.4) is 0 Å². The van der Waals surface area contributed by atoms with Crippen LogP contribution in [-0.4, -0.2) is 62.1 Å². The van der Waals surface area contributed by atoms with Crippen molar-refractivity contribution in [1.82, 2.24) is 20.9 Å². The molecule has 7 N–H and O–H groups in total. The van der Waals surface area contributed by atoms with Gasteiger partial charge in [-0.25, -0.2) is 13.6 Å². The minimum absolute atomic E-state index is 0.0554. The number of piperidine rings is 1. The summed E-state index contributed by atoms with van der Waals surface area (Å²) < 4.78 is 27.8. The maximum Gasteiger partial charge on any atom is 0.327 e. The Morgan fingerprint density at radius 2 is 1.55 bits per heavy atom. The minimum atomic E-state index is -0.601. The van der Waals surface area contributed by atoms with Crippen LogP contribution in [0.5, 0.6) is 0 Å². The lowest BCUT2D eigenvalue weighted by Crippen LogP contribution is -2.51. The number of nitrogens with one attached hydrogen (secondary N) is 3. The van der Waals surface area contributed by atoms with Crippen molar-refractivity contribution in [2.45, 2.75) is 64.1 Å². The summed E-state index contributed by atoms with van der Waals surface area (Å²) in [6.45, 7) is 5.93. The fourth-order valence-electron chi connectivity index (χ4n) is 7.60. The Balaban J connectivity index is 1.11. The Morgan fingerprint density at radius 3 is 2.21 bits per heavy atom. The molecule has 2 amide bonds. The molecular weight excluding hydrogens is 673 g/mol. The van der Waals surface area contributed by atoms with Gasteiger partial charge >= 0.3 is 6.03 Å². The van der Waals surface area contributed by atoms with Crippen LogP contribution >= 0.6 is 0 Å². The zero-order valence-electron chi connectivity index (χ0n) is 30.5. The number of fused-ring (bicyclic) bond motifs is 1. The predicted octanol–water partition coefficient (Wildman–Crippen LogP) is 6.06. The first-order valence-corrected chi connectivity index (χ1v) is 19.1. The number of ketones is 1. The maximum absolute atomic E-state index is 13.9. The highest BCUT2D eigenvalue weighted by Crippen LogP contribution is 2.30. The highest BCUT2D eigenvalue weighted by Gasteiger charge is 2.31. The molecule has 3 aromatic carbocycles. The molecule has 2 atom stereocenters. The van der Waals surface area contributed by atoms with Crippen LogP contribution in [0.1, 0.15) is 72.0 Å². The monoisotopic (exact) mass is 725 g/mol. The lowest BCUT2D eigenvalue weighted by atomic mass is 9.83. The number of nitrogens with zero attached hydrogens (tertiary/aromatic N) is 2. The van der Waals surface area contributed by atoms with Crippen LogP contribution in [0.2, 0.25) is 0 Å². The second-order valence-corrected chi connectivity index (χ2v) is 14.5. The molecule has 1 saturated heterocycles. The number of nitrogens with two attached hydrogens (primary N) is 2. The van der Waals surface area contributed by atoms with Crippen molar-refractivity contribution in [3.8, 4) is 0 Å². The molecule has 9 nitrogen and oxygen atoms in total. The van der Waals surface area contributed by atoms with Gasteiger partial charge in [-0.05, 0) is 144 Å². The topological polar surface area (TPSA) is 129 Å². The largest absolute Gasteiger partial charge is 0.361 e. The molecule has 3 aliphatic heterocycles. The van der Waals surface area contributed by atoms with E-state index in [-0.39, 0.29) is 23.9 Å². The first kappa shape index (κ1) is 38.3. The SMILES string of the molecule is NCCCN(CCCN)Cc1ccc(N2C=C3C=C(c4ccc(C(=O)C(CCc5cc(F)cc(F)c5)CCC5CCNCC5)cc4)NC3NC2=O)cc1. The van der Waals surface area contributed by atoms with Crippen molar-refractivity contribution < 1.29 is 18.4 Å². The van der Waals surface area contributed by atoms with Gasteiger partial charge in [0, 0.05) is 41.6 Å². The molecule has 3 aliphatic rings. The molecule has 3 aromatic rings. The molecule has 0 aromatic heterocycles.